The number of hydrogen-bond acceptors (Lipinski definition) is 19. The lowest BCUT2D eigenvalue weighted by molar-refractivity contribution is -0.245. The molecule has 12 N–H and O–H groups in total. The minimum Gasteiger partial charge on any atom is -0.507 e. The van der Waals surface area contributed by atoms with Crippen LogP contribution in [0.4, 0.5) is 0 Å². The molecule has 6 rings (SSSR count). The third-order valence-corrected chi connectivity index (χ3v) is 21.6. The molecular weight excluding hydrogens is 1130 g/mol. The molecule has 6 unspecified atom stereocenters. The highest BCUT2D eigenvalue weighted by Crippen LogP contribution is 2.67. The number of ether oxygens (including phenoxy) is 3. The molecule has 3 aromatic rings. The summed E-state index contributed by atoms with van der Waals surface area (Å²) in [7, 11) is 1.31. The van der Waals surface area contributed by atoms with E-state index in [1.54, 1.807) is 37.8 Å². The van der Waals surface area contributed by atoms with Gasteiger partial charge >= 0.3 is 0 Å². The van der Waals surface area contributed by atoms with E-state index in [0.29, 0.717) is 19.5 Å². The van der Waals surface area contributed by atoms with Crippen molar-refractivity contribution >= 4 is 40.9 Å². The number of ketones is 2. The van der Waals surface area contributed by atoms with Gasteiger partial charge in [0.05, 0.1) is 89.5 Å². The molecule has 24 heteroatoms. The highest BCUT2D eigenvalue weighted by atomic mass is 16.7. The Morgan fingerprint density at radius 3 is 2.02 bits per heavy atom. The van der Waals surface area contributed by atoms with Crippen molar-refractivity contribution in [3.63, 3.8) is 0 Å². The molecule has 3 aliphatic rings. The lowest BCUT2D eigenvalue weighted by Gasteiger charge is -2.64. The Labute approximate surface area is 516 Å². The van der Waals surface area contributed by atoms with Crippen molar-refractivity contribution in [2.24, 2.45) is 60.6 Å². The number of carbonyl (C=O) groups is 6. The minimum atomic E-state index is -2.33. The molecule has 2 aromatic carbocycles. The molecule has 24 nitrogen and oxygen atoms in total. The standard InChI is InChI=1S/C64H97N9O15/c1-33(75)30-67-55(83)62(16,35(3)34(2)61(15,57(5,6)7)54(82)66-23-20-25-73-26-24-69-72-73)59(11,12)60(13,14)63(17,58(8,9)10)56(84)68-31-43(76)71-70-42(32-74)64(85)28-38-46(41(29-64)88-44-27-39(65)49(77)36(4)87-44)53(81)48-47(51(38)79)50(78)37-21-19-22-40(86-18)45(37)52(48)80/h19,21-22,24,26,33-36,39,41,44,49,74-75,77,79,81,85H,20,23,25,27-32,65H2,1-18H3,(H,66,82)(H,67,83)(H,68,84)(H,71,76)/t33?,34?,35?,36-,39-,41-,44-,49-,61?,62?,63?,64-/m0/s1. The zero-order chi connectivity index (χ0) is 66.4. The summed E-state index contributed by atoms with van der Waals surface area (Å²) in [5, 5.41) is 90.0. The van der Waals surface area contributed by atoms with Gasteiger partial charge in [0.1, 0.15) is 22.8 Å². The Hall–Kier alpha value is -6.41. The number of carbonyl (C=O) groups excluding carboxylic acids is 6. The number of aromatic hydroxyl groups is 2. The average Bonchev–Trinajstić information content (AvgIpc) is 1.07. The number of nitrogens with zero attached hydrogens (tertiary/aromatic N) is 4. The molecule has 0 bridgehead atoms. The summed E-state index contributed by atoms with van der Waals surface area (Å²) < 4.78 is 19.4. The third kappa shape index (κ3) is 12.3. The van der Waals surface area contributed by atoms with E-state index >= 15 is 9.59 Å². The van der Waals surface area contributed by atoms with Gasteiger partial charge in [0.25, 0.3) is 5.91 Å². The molecule has 1 fully saturated rings. The van der Waals surface area contributed by atoms with Crippen LogP contribution in [0.15, 0.2) is 35.7 Å². The van der Waals surface area contributed by atoms with E-state index in [2.05, 4.69) is 36.8 Å². The molecule has 1 aromatic heterocycles. The Kier molecular flexibility index (Phi) is 20.7. The second-order valence-corrected chi connectivity index (χ2v) is 28.2. The number of hydrogen-bond donors (Lipinski definition) is 11. The molecule has 0 spiro atoms. The highest BCUT2D eigenvalue weighted by molar-refractivity contribution is 6.31. The van der Waals surface area contributed by atoms with Crippen molar-refractivity contribution in [1.82, 2.24) is 36.4 Å². The summed E-state index contributed by atoms with van der Waals surface area (Å²) in [5.74, 6) is -6.27. The van der Waals surface area contributed by atoms with Gasteiger partial charge in [-0.05, 0) is 80.6 Å². The molecule has 488 valence electrons. The van der Waals surface area contributed by atoms with E-state index in [-0.39, 0.29) is 46.9 Å². The fourth-order valence-electron chi connectivity index (χ4n) is 13.9. The maximum absolute atomic E-state index is 15.3. The zero-order valence-corrected chi connectivity index (χ0v) is 54.6. The summed E-state index contributed by atoms with van der Waals surface area (Å²) >= 11 is 0. The van der Waals surface area contributed by atoms with Gasteiger partial charge in [-0.1, -0.05) is 100 Å². The molecule has 1 aliphatic heterocycles. The predicted octanol–water partition coefficient (Wildman–Crippen LogP) is 4.75. The highest BCUT2D eigenvalue weighted by Gasteiger charge is 2.68. The number of amides is 4. The first kappa shape index (κ1) is 70.7. The molecule has 4 amide bonds. The van der Waals surface area contributed by atoms with Crippen molar-refractivity contribution in [2.75, 3.05) is 33.4 Å². The Balaban J connectivity index is 1.32. The second kappa shape index (κ2) is 25.8. The molecule has 1 saturated heterocycles. The van der Waals surface area contributed by atoms with Gasteiger partial charge in [0, 0.05) is 67.8 Å². The van der Waals surface area contributed by atoms with Crippen molar-refractivity contribution in [3.05, 3.63) is 64.0 Å². The van der Waals surface area contributed by atoms with Crippen LogP contribution in [-0.2, 0) is 41.6 Å². The number of fused-ring (bicyclic) bond motifs is 3. The van der Waals surface area contributed by atoms with Gasteiger partial charge in [-0.2, -0.15) is 5.10 Å². The molecule has 88 heavy (non-hydrogen) atoms. The Bertz CT molecular complexity index is 3140. The van der Waals surface area contributed by atoms with Gasteiger partial charge in [-0.3, -0.25) is 33.4 Å². The van der Waals surface area contributed by atoms with E-state index in [9.17, 15) is 49.8 Å². The van der Waals surface area contributed by atoms with Crippen LogP contribution in [0.3, 0.4) is 0 Å². The van der Waals surface area contributed by atoms with E-state index < -0.39 is 176 Å². The van der Waals surface area contributed by atoms with Crippen molar-refractivity contribution in [3.8, 4) is 17.2 Å². The van der Waals surface area contributed by atoms with Crippen LogP contribution in [0.25, 0.3) is 0 Å². The normalized spacial score (nSPS) is 24.0. The fourth-order valence-corrected chi connectivity index (χ4v) is 13.9. The van der Waals surface area contributed by atoms with E-state index in [1.165, 1.54) is 25.3 Å². The van der Waals surface area contributed by atoms with Crippen molar-refractivity contribution < 1.29 is 73.6 Å². The van der Waals surface area contributed by atoms with E-state index in [1.807, 2.05) is 96.9 Å². The lowest BCUT2D eigenvalue weighted by Crippen LogP contribution is -2.68. The molecule has 0 saturated carbocycles. The number of aliphatic hydroxyl groups excluding tert-OH is 3. The number of phenols is 2. The van der Waals surface area contributed by atoms with Crippen LogP contribution in [0.1, 0.15) is 186 Å². The van der Waals surface area contributed by atoms with Gasteiger partial charge in [0.2, 0.25) is 23.5 Å². The minimum absolute atomic E-state index is 0.0420. The van der Waals surface area contributed by atoms with Crippen molar-refractivity contribution in [2.45, 2.75) is 192 Å². The summed E-state index contributed by atoms with van der Waals surface area (Å²) in [6, 6.07) is 3.47. The predicted molar refractivity (Wildman–Crippen MR) is 327 cm³/mol. The van der Waals surface area contributed by atoms with Crippen LogP contribution < -0.4 is 31.8 Å². The van der Waals surface area contributed by atoms with Gasteiger partial charge in [0.15, 0.2) is 12.1 Å². The number of aliphatic hydroxyl groups is 4. The number of rotatable bonds is 23. The lowest BCUT2D eigenvalue weighted by atomic mass is 9.38. The molecule has 0 radical (unpaired) electrons. The molecule has 12 atom stereocenters. The van der Waals surface area contributed by atoms with Crippen LogP contribution in [0.2, 0.25) is 0 Å². The second-order valence-electron chi connectivity index (χ2n) is 28.2. The number of methoxy groups -OCH3 is 1. The van der Waals surface area contributed by atoms with Gasteiger partial charge < -0.3 is 66.5 Å². The third-order valence-electron chi connectivity index (χ3n) is 21.6. The zero-order valence-electron chi connectivity index (χ0n) is 54.6. The van der Waals surface area contributed by atoms with Crippen molar-refractivity contribution in [1.29, 1.82) is 0 Å². The number of phenolic OH excluding ortho intramolecular Hbond substituents is 2. The largest absolute Gasteiger partial charge is 0.507 e. The number of nitrogens with two attached hydrogens (primary N) is 1. The first-order valence-corrected chi connectivity index (χ1v) is 30.3. The number of benzene rings is 2. The smallest absolute Gasteiger partial charge is 0.259 e. The number of aromatic nitrogens is 3. The van der Waals surface area contributed by atoms with E-state index in [0.717, 1.165) is 0 Å². The first-order valence-electron chi connectivity index (χ1n) is 30.3. The van der Waals surface area contributed by atoms with Crippen LogP contribution in [0, 0.1) is 49.7 Å². The molecular formula is C64H97N9O15. The number of hydrazone groups is 1. The monoisotopic (exact) mass is 1230 g/mol. The Morgan fingerprint density at radius 1 is 0.852 bits per heavy atom. The maximum Gasteiger partial charge on any atom is 0.259 e. The van der Waals surface area contributed by atoms with Gasteiger partial charge in [-0.25, -0.2) is 5.43 Å². The Morgan fingerprint density at radius 2 is 1.47 bits per heavy atom. The summed E-state index contributed by atoms with van der Waals surface area (Å²) in [6.07, 6.45) is -2.87. The van der Waals surface area contributed by atoms with Crippen LogP contribution >= 0.6 is 0 Å². The van der Waals surface area contributed by atoms with Crippen LogP contribution in [0.5, 0.6) is 17.2 Å². The summed E-state index contributed by atoms with van der Waals surface area (Å²) in [6.45, 7) is 31.1. The van der Waals surface area contributed by atoms with Crippen LogP contribution in [-0.4, -0.2) is 156 Å². The first-order chi connectivity index (χ1) is 40.6. The average molecular weight is 1230 g/mol. The fraction of sp³-hybridized carbons (Fsp3) is 0.672. The molecule has 2 aliphatic carbocycles. The maximum atomic E-state index is 15.3. The topological polar surface area (TPSA) is 369 Å². The summed E-state index contributed by atoms with van der Waals surface area (Å²) in [4.78, 5) is 87.9. The van der Waals surface area contributed by atoms with Gasteiger partial charge in [-0.15, -0.1) is 5.10 Å². The molecule has 2 heterocycles. The SMILES string of the molecule is COc1cccc2c1C(=O)c1c(O)c3c(c(O)c1C2=O)C[C@@](O)(C(CO)=NNC(=O)CNC(=O)C(C)(C(C)(C)C)C(C)(C)C(C)(C)C(C)(C(=O)NCC(C)O)C(C)C(C)C(C)(C(=O)NCCCn1ccnn1)C(C)(C)C)C[C@@H]3O[C@H]1C[C@H](N)[C@@H](O)[C@H](C)O1. The number of aryl methyl sites for hydroxylation is 1. The quantitative estimate of drug-likeness (QED) is 0.0206. The van der Waals surface area contributed by atoms with E-state index in [4.69, 9.17) is 19.9 Å². The number of nitrogens with one attached hydrogen (secondary N) is 4. The summed E-state index contributed by atoms with van der Waals surface area (Å²) in [5.41, 5.74) is -3.77.